The maximum Gasteiger partial charge on any atom is 0.374 e. The first kappa shape index (κ1) is 15.1. The van der Waals surface area contributed by atoms with Crippen LogP contribution in [0.4, 0.5) is 0 Å². The Morgan fingerprint density at radius 2 is 1.53 bits per heavy atom. The van der Waals surface area contributed by atoms with Gasteiger partial charge in [-0.15, -0.1) is 0 Å². The van der Waals surface area contributed by atoms with Crippen LogP contribution in [0.3, 0.4) is 0 Å². The smallest absolute Gasteiger partial charge is 0.352 e. The molecule has 15 heavy (non-hydrogen) atoms. The lowest BCUT2D eigenvalue weighted by molar-refractivity contribution is 0.00102. The van der Waals surface area contributed by atoms with Crippen LogP contribution < -0.4 is 0 Å². The summed E-state index contributed by atoms with van der Waals surface area (Å²) in [4.78, 5) is 1.70. The highest BCUT2D eigenvalue weighted by atomic mass is 31.2. The lowest BCUT2D eigenvalue weighted by Crippen LogP contribution is -2.32. The van der Waals surface area contributed by atoms with Gasteiger partial charge in [0.2, 0.25) is 5.97 Å². The normalized spacial score (nSPS) is 14.5. The summed E-state index contributed by atoms with van der Waals surface area (Å²) >= 11 is 0. The van der Waals surface area contributed by atoms with Gasteiger partial charge in [0.15, 0.2) is 0 Å². The van der Waals surface area contributed by atoms with Crippen LogP contribution in [0.15, 0.2) is 0 Å². The second kappa shape index (κ2) is 7.36. The summed E-state index contributed by atoms with van der Waals surface area (Å²) in [5.74, 6) is -0.637. The van der Waals surface area contributed by atoms with E-state index in [0.29, 0.717) is 19.8 Å². The van der Waals surface area contributed by atoms with Gasteiger partial charge in [-0.3, -0.25) is 9.46 Å². The van der Waals surface area contributed by atoms with Crippen LogP contribution in [0, 0.1) is 0 Å². The molecule has 1 atom stereocenters. The first-order chi connectivity index (χ1) is 7.01. The largest absolute Gasteiger partial charge is 0.374 e. The second-order valence-corrected chi connectivity index (χ2v) is 5.16. The summed E-state index contributed by atoms with van der Waals surface area (Å²) in [5.41, 5.74) is 0. The molecule has 92 valence electrons. The quantitative estimate of drug-likeness (QED) is 0.479. The van der Waals surface area contributed by atoms with E-state index >= 15 is 0 Å². The van der Waals surface area contributed by atoms with E-state index in [1.807, 2.05) is 6.92 Å². The minimum Gasteiger partial charge on any atom is -0.352 e. The molecule has 5 nitrogen and oxygen atoms in total. The molecule has 0 rings (SSSR count). The Labute approximate surface area is 92.2 Å². The fraction of sp³-hybridized carbons (Fsp3) is 1.00. The minimum atomic E-state index is -3.20. The summed E-state index contributed by atoms with van der Waals surface area (Å²) in [5, 5.41) is 0. The van der Waals surface area contributed by atoms with Gasteiger partial charge in [-0.05, 0) is 34.9 Å². The second-order valence-electron chi connectivity index (χ2n) is 3.12. The third-order valence-electron chi connectivity index (χ3n) is 1.65. The summed E-state index contributed by atoms with van der Waals surface area (Å²) in [7, 11) is 0.367. The van der Waals surface area contributed by atoms with Crippen LogP contribution in [0.2, 0.25) is 0 Å². The number of ether oxygens (including phenoxy) is 1. The van der Waals surface area contributed by atoms with E-state index in [2.05, 4.69) is 0 Å². The topological polar surface area (TPSA) is 48.0 Å². The van der Waals surface area contributed by atoms with Gasteiger partial charge in [0, 0.05) is 6.61 Å². The standard InChI is InChI=1S/C9H22NO4P/c1-6-12-9(10(4)5)15(11,13-7-2)14-8-3/h9H,6-8H2,1-5H3. The molecule has 0 saturated heterocycles. The predicted molar refractivity (Wildman–Crippen MR) is 60.0 cm³/mol. The molecule has 0 spiro atoms. The number of rotatable bonds is 8. The highest BCUT2D eigenvalue weighted by molar-refractivity contribution is 7.54. The Kier molecular flexibility index (Phi) is 7.40. The van der Waals surface area contributed by atoms with Crippen molar-refractivity contribution in [3.8, 4) is 0 Å². The van der Waals surface area contributed by atoms with Gasteiger partial charge in [-0.1, -0.05) is 0 Å². The summed E-state index contributed by atoms with van der Waals surface area (Å²) in [6, 6.07) is 0. The Bertz CT molecular complexity index is 200. The van der Waals surface area contributed by atoms with Crippen LogP contribution in [0.5, 0.6) is 0 Å². The highest BCUT2D eigenvalue weighted by Crippen LogP contribution is 2.53. The van der Waals surface area contributed by atoms with E-state index in [0.717, 1.165) is 0 Å². The van der Waals surface area contributed by atoms with Crippen molar-refractivity contribution in [1.29, 1.82) is 0 Å². The van der Waals surface area contributed by atoms with Crippen LogP contribution >= 0.6 is 7.60 Å². The fourth-order valence-electron chi connectivity index (χ4n) is 1.20. The molecule has 0 bridgehead atoms. The molecule has 0 saturated carbocycles. The van der Waals surface area contributed by atoms with Crippen molar-refractivity contribution in [2.45, 2.75) is 26.7 Å². The Balaban J connectivity index is 4.73. The average molecular weight is 239 g/mol. The van der Waals surface area contributed by atoms with Crippen LogP contribution in [-0.4, -0.2) is 44.8 Å². The average Bonchev–Trinajstić information content (AvgIpc) is 2.14. The summed E-state index contributed by atoms with van der Waals surface area (Å²) in [6.07, 6.45) is 0. The Hall–Kier alpha value is 0.0700. The number of hydrogen-bond donors (Lipinski definition) is 0. The van der Waals surface area contributed by atoms with E-state index in [-0.39, 0.29) is 0 Å². The Morgan fingerprint density at radius 1 is 1.07 bits per heavy atom. The van der Waals surface area contributed by atoms with E-state index in [1.54, 1.807) is 32.8 Å². The molecule has 0 aromatic rings. The summed E-state index contributed by atoms with van der Waals surface area (Å²) < 4.78 is 28.1. The lowest BCUT2D eigenvalue weighted by atomic mass is 10.8. The molecule has 0 aliphatic carbocycles. The van der Waals surface area contributed by atoms with Crippen molar-refractivity contribution in [2.24, 2.45) is 0 Å². The molecule has 0 aliphatic rings. The van der Waals surface area contributed by atoms with Crippen LogP contribution in [0.25, 0.3) is 0 Å². The lowest BCUT2D eigenvalue weighted by Gasteiger charge is -2.30. The van der Waals surface area contributed by atoms with Crippen molar-refractivity contribution in [2.75, 3.05) is 33.9 Å². The fourth-order valence-corrected chi connectivity index (χ4v) is 3.14. The minimum absolute atomic E-state index is 0.342. The van der Waals surface area contributed by atoms with Gasteiger partial charge < -0.3 is 13.8 Å². The van der Waals surface area contributed by atoms with Crippen molar-refractivity contribution in [1.82, 2.24) is 4.90 Å². The molecule has 0 fully saturated rings. The van der Waals surface area contributed by atoms with E-state index < -0.39 is 13.6 Å². The van der Waals surface area contributed by atoms with Crippen LogP contribution in [0.1, 0.15) is 20.8 Å². The summed E-state index contributed by atoms with van der Waals surface area (Å²) in [6.45, 7) is 6.56. The third-order valence-corrected chi connectivity index (χ3v) is 4.03. The van der Waals surface area contributed by atoms with Gasteiger partial charge in [0.05, 0.1) is 13.2 Å². The first-order valence-electron chi connectivity index (χ1n) is 5.18. The van der Waals surface area contributed by atoms with Crippen molar-refractivity contribution in [3.63, 3.8) is 0 Å². The maximum atomic E-state index is 12.3. The Morgan fingerprint density at radius 3 is 1.80 bits per heavy atom. The van der Waals surface area contributed by atoms with Gasteiger partial charge in [-0.25, -0.2) is 0 Å². The molecule has 0 aromatic carbocycles. The maximum absolute atomic E-state index is 12.3. The van der Waals surface area contributed by atoms with Crippen molar-refractivity contribution < 1.29 is 18.3 Å². The monoisotopic (exact) mass is 239 g/mol. The van der Waals surface area contributed by atoms with Gasteiger partial charge in [-0.2, -0.15) is 0 Å². The molecule has 0 radical (unpaired) electrons. The van der Waals surface area contributed by atoms with E-state index in [1.165, 1.54) is 0 Å². The van der Waals surface area contributed by atoms with Crippen molar-refractivity contribution >= 4 is 7.60 Å². The SMILES string of the molecule is CCOC(N(C)C)P(=O)(OCC)OCC. The molecule has 0 aliphatic heterocycles. The zero-order valence-corrected chi connectivity index (χ0v) is 11.1. The zero-order valence-electron chi connectivity index (χ0n) is 10.2. The van der Waals surface area contributed by atoms with E-state index in [9.17, 15) is 4.57 Å². The number of hydrogen-bond acceptors (Lipinski definition) is 5. The van der Waals surface area contributed by atoms with Gasteiger partial charge in [0.1, 0.15) is 0 Å². The molecule has 0 heterocycles. The predicted octanol–water partition coefficient (Wildman–Crippen LogP) is 2.13. The molecule has 1 unspecified atom stereocenters. The third kappa shape index (κ3) is 4.62. The molecular formula is C9H22NO4P. The van der Waals surface area contributed by atoms with E-state index in [4.69, 9.17) is 13.8 Å². The highest BCUT2D eigenvalue weighted by Gasteiger charge is 2.37. The first-order valence-corrected chi connectivity index (χ1v) is 6.79. The van der Waals surface area contributed by atoms with Gasteiger partial charge >= 0.3 is 7.60 Å². The van der Waals surface area contributed by atoms with Crippen LogP contribution in [-0.2, 0) is 18.3 Å². The molecule has 0 aromatic heterocycles. The van der Waals surface area contributed by atoms with Gasteiger partial charge in [0.25, 0.3) is 0 Å². The van der Waals surface area contributed by atoms with Crippen molar-refractivity contribution in [3.05, 3.63) is 0 Å². The molecule has 0 amide bonds. The molecular weight excluding hydrogens is 217 g/mol. The number of nitrogens with zero attached hydrogens (tertiary/aromatic N) is 1. The molecule has 6 heteroatoms. The molecule has 0 N–H and O–H groups in total. The zero-order chi connectivity index (χ0) is 11.9.